The predicted octanol–water partition coefficient (Wildman–Crippen LogP) is 3.81. The molecule has 3 aromatic rings. The predicted molar refractivity (Wildman–Crippen MR) is 123 cm³/mol. The monoisotopic (exact) mass is 451 g/mol. The summed E-state index contributed by atoms with van der Waals surface area (Å²) >= 11 is 5.86. The maximum Gasteiger partial charge on any atom is 0.259 e. The fraction of sp³-hybridized carbons (Fsp3) is 0.125. The number of hydrogen-bond donors (Lipinski definition) is 2. The Morgan fingerprint density at radius 3 is 2.56 bits per heavy atom. The van der Waals surface area contributed by atoms with Crippen LogP contribution in [0.15, 0.2) is 77.9 Å². The lowest BCUT2D eigenvalue weighted by Crippen LogP contribution is -2.34. The van der Waals surface area contributed by atoms with Crippen molar-refractivity contribution in [3.63, 3.8) is 0 Å². The number of nitrogens with zero attached hydrogens (tertiary/aromatic N) is 1. The number of methoxy groups -OCH3 is 1. The van der Waals surface area contributed by atoms with Gasteiger partial charge in [-0.25, -0.2) is 5.43 Å². The van der Waals surface area contributed by atoms with Crippen molar-refractivity contribution in [2.24, 2.45) is 5.10 Å². The Bertz CT molecular complexity index is 1100. The molecule has 0 saturated heterocycles. The number of amides is 2. The van der Waals surface area contributed by atoms with Crippen LogP contribution in [0.1, 0.15) is 21.5 Å². The SMILES string of the molecule is COc1ccc(C=NNC(=O)CNC(=O)c2cccc(Cl)c2)cc1OCc1ccccc1. The zero-order valence-corrected chi connectivity index (χ0v) is 18.1. The molecule has 0 fully saturated rings. The van der Waals surface area contributed by atoms with Crippen LogP contribution >= 0.6 is 11.6 Å². The summed E-state index contributed by atoms with van der Waals surface area (Å²) in [5.41, 5.74) is 4.48. The van der Waals surface area contributed by atoms with Crippen LogP contribution in [-0.4, -0.2) is 31.7 Å². The average molecular weight is 452 g/mol. The molecular weight excluding hydrogens is 430 g/mol. The molecular formula is C24H22ClN3O4. The van der Waals surface area contributed by atoms with Gasteiger partial charge in [-0.1, -0.05) is 48.0 Å². The molecule has 0 unspecified atom stereocenters. The van der Waals surface area contributed by atoms with Gasteiger partial charge in [0.15, 0.2) is 11.5 Å². The van der Waals surface area contributed by atoms with Crippen LogP contribution in [0.3, 0.4) is 0 Å². The number of hydrogen-bond acceptors (Lipinski definition) is 5. The highest BCUT2D eigenvalue weighted by Gasteiger charge is 2.08. The second-order valence-electron chi connectivity index (χ2n) is 6.67. The fourth-order valence-electron chi connectivity index (χ4n) is 2.73. The van der Waals surface area contributed by atoms with Crippen molar-refractivity contribution in [2.75, 3.05) is 13.7 Å². The number of rotatable bonds is 9. The van der Waals surface area contributed by atoms with Gasteiger partial charge in [0, 0.05) is 10.6 Å². The summed E-state index contributed by atoms with van der Waals surface area (Å²) < 4.78 is 11.2. The first-order valence-corrected chi connectivity index (χ1v) is 10.1. The van der Waals surface area contributed by atoms with Crippen LogP contribution < -0.4 is 20.2 Å². The summed E-state index contributed by atoms with van der Waals surface area (Å²) in [6, 6.07) is 21.5. The molecule has 0 saturated carbocycles. The van der Waals surface area contributed by atoms with Gasteiger partial charge in [-0.05, 0) is 47.5 Å². The van der Waals surface area contributed by atoms with E-state index in [1.807, 2.05) is 30.3 Å². The van der Waals surface area contributed by atoms with Gasteiger partial charge in [-0.2, -0.15) is 5.10 Å². The quantitative estimate of drug-likeness (QED) is 0.382. The molecule has 0 aliphatic rings. The average Bonchev–Trinajstić information content (AvgIpc) is 2.82. The summed E-state index contributed by atoms with van der Waals surface area (Å²) in [7, 11) is 1.57. The third kappa shape index (κ3) is 6.85. The lowest BCUT2D eigenvalue weighted by molar-refractivity contribution is -0.120. The number of ether oxygens (including phenoxy) is 2. The Labute approximate surface area is 191 Å². The number of halogens is 1. The zero-order chi connectivity index (χ0) is 22.8. The Morgan fingerprint density at radius 1 is 1.00 bits per heavy atom. The lowest BCUT2D eigenvalue weighted by Gasteiger charge is -2.11. The molecule has 164 valence electrons. The molecule has 0 aliphatic heterocycles. The van der Waals surface area contributed by atoms with Crippen molar-refractivity contribution in [3.05, 3.63) is 94.5 Å². The van der Waals surface area contributed by atoms with E-state index in [-0.39, 0.29) is 6.54 Å². The second-order valence-corrected chi connectivity index (χ2v) is 7.11. The van der Waals surface area contributed by atoms with Crippen LogP contribution in [0.4, 0.5) is 0 Å². The van der Waals surface area contributed by atoms with Crippen LogP contribution in [0.5, 0.6) is 11.5 Å². The number of hydrazone groups is 1. The van der Waals surface area contributed by atoms with Crippen molar-refractivity contribution in [2.45, 2.75) is 6.61 Å². The highest BCUT2D eigenvalue weighted by Crippen LogP contribution is 2.28. The minimum absolute atomic E-state index is 0.225. The normalized spacial score (nSPS) is 10.6. The molecule has 0 aromatic heterocycles. The first kappa shape index (κ1) is 22.8. The van der Waals surface area contributed by atoms with Gasteiger partial charge in [-0.3, -0.25) is 9.59 Å². The van der Waals surface area contributed by atoms with Gasteiger partial charge < -0.3 is 14.8 Å². The molecule has 8 heteroatoms. The molecule has 3 aromatic carbocycles. The van der Waals surface area contributed by atoms with E-state index >= 15 is 0 Å². The molecule has 0 heterocycles. The first-order chi connectivity index (χ1) is 15.5. The van der Waals surface area contributed by atoms with Crippen LogP contribution in [0.2, 0.25) is 5.02 Å². The number of benzene rings is 3. The molecule has 7 nitrogen and oxygen atoms in total. The van der Waals surface area contributed by atoms with Gasteiger partial charge in [0.25, 0.3) is 11.8 Å². The molecule has 0 spiro atoms. The highest BCUT2D eigenvalue weighted by molar-refractivity contribution is 6.31. The van der Waals surface area contributed by atoms with E-state index in [0.717, 1.165) is 5.56 Å². The first-order valence-electron chi connectivity index (χ1n) is 9.75. The van der Waals surface area contributed by atoms with Gasteiger partial charge in [-0.15, -0.1) is 0 Å². The summed E-state index contributed by atoms with van der Waals surface area (Å²) in [4.78, 5) is 24.0. The summed E-state index contributed by atoms with van der Waals surface area (Å²) in [6.45, 7) is 0.164. The lowest BCUT2D eigenvalue weighted by atomic mass is 10.2. The van der Waals surface area contributed by atoms with E-state index in [0.29, 0.717) is 34.3 Å². The van der Waals surface area contributed by atoms with Gasteiger partial charge in [0.05, 0.1) is 19.9 Å². The maximum absolute atomic E-state index is 12.0. The number of nitrogens with one attached hydrogen (secondary N) is 2. The van der Waals surface area contributed by atoms with Crippen molar-refractivity contribution in [1.29, 1.82) is 0 Å². The zero-order valence-electron chi connectivity index (χ0n) is 17.4. The van der Waals surface area contributed by atoms with Gasteiger partial charge >= 0.3 is 0 Å². The number of carbonyl (C=O) groups excluding carboxylic acids is 2. The molecule has 2 amide bonds. The van der Waals surface area contributed by atoms with Crippen LogP contribution in [0, 0.1) is 0 Å². The van der Waals surface area contributed by atoms with E-state index in [4.69, 9.17) is 21.1 Å². The van der Waals surface area contributed by atoms with E-state index in [1.165, 1.54) is 12.3 Å². The third-order valence-corrected chi connectivity index (χ3v) is 4.56. The van der Waals surface area contributed by atoms with E-state index in [1.54, 1.807) is 43.5 Å². The van der Waals surface area contributed by atoms with Crippen molar-refractivity contribution >= 4 is 29.6 Å². The molecule has 3 rings (SSSR count). The standard InChI is InChI=1S/C24H22ClN3O4/c1-31-21-11-10-18(12-22(21)32-16-17-6-3-2-4-7-17)14-27-28-23(29)15-26-24(30)19-8-5-9-20(25)13-19/h2-14H,15-16H2,1H3,(H,26,30)(H,28,29). The van der Waals surface area contributed by atoms with E-state index < -0.39 is 11.8 Å². The number of carbonyl (C=O) groups is 2. The van der Waals surface area contributed by atoms with Crippen LogP contribution in [0.25, 0.3) is 0 Å². The molecule has 0 atom stereocenters. The molecule has 0 aliphatic carbocycles. The topological polar surface area (TPSA) is 89.0 Å². The van der Waals surface area contributed by atoms with Crippen molar-refractivity contribution < 1.29 is 19.1 Å². The van der Waals surface area contributed by atoms with Gasteiger partial charge in [0.2, 0.25) is 0 Å². The fourth-order valence-corrected chi connectivity index (χ4v) is 2.92. The Morgan fingerprint density at radius 2 is 1.81 bits per heavy atom. The van der Waals surface area contributed by atoms with Crippen molar-refractivity contribution in [3.8, 4) is 11.5 Å². The molecule has 0 bridgehead atoms. The molecule has 2 N–H and O–H groups in total. The largest absolute Gasteiger partial charge is 0.493 e. The summed E-state index contributed by atoms with van der Waals surface area (Å²) in [6.07, 6.45) is 1.48. The molecule has 0 radical (unpaired) electrons. The van der Waals surface area contributed by atoms with E-state index in [2.05, 4.69) is 15.8 Å². The molecule has 32 heavy (non-hydrogen) atoms. The Hall–Kier alpha value is -3.84. The minimum Gasteiger partial charge on any atom is -0.493 e. The Kier molecular flexibility index (Phi) is 8.22. The second kappa shape index (κ2) is 11.5. The highest BCUT2D eigenvalue weighted by atomic mass is 35.5. The smallest absolute Gasteiger partial charge is 0.259 e. The van der Waals surface area contributed by atoms with Crippen LogP contribution in [-0.2, 0) is 11.4 Å². The summed E-state index contributed by atoms with van der Waals surface area (Å²) in [5.74, 6) is 0.277. The third-order valence-electron chi connectivity index (χ3n) is 4.32. The minimum atomic E-state index is -0.467. The van der Waals surface area contributed by atoms with Crippen molar-refractivity contribution in [1.82, 2.24) is 10.7 Å². The summed E-state index contributed by atoms with van der Waals surface area (Å²) in [5, 5.41) is 6.88. The Balaban J connectivity index is 1.52. The maximum atomic E-state index is 12.0. The van der Waals surface area contributed by atoms with E-state index in [9.17, 15) is 9.59 Å². The van der Waals surface area contributed by atoms with Gasteiger partial charge in [0.1, 0.15) is 6.61 Å².